The molecule has 0 aliphatic carbocycles. The average Bonchev–Trinajstić information content (AvgIpc) is 3.15. The van der Waals surface area contributed by atoms with Gasteiger partial charge in [-0.25, -0.2) is 23.1 Å². The molecule has 0 fully saturated rings. The van der Waals surface area contributed by atoms with Crippen molar-refractivity contribution in [2.24, 2.45) is 0 Å². The summed E-state index contributed by atoms with van der Waals surface area (Å²) in [4.78, 5) is 11.1. The van der Waals surface area contributed by atoms with E-state index >= 15 is 0 Å². The van der Waals surface area contributed by atoms with E-state index in [9.17, 15) is 13.2 Å². The monoisotopic (exact) mass is 473 g/mol. The maximum absolute atomic E-state index is 14.8. The van der Waals surface area contributed by atoms with E-state index in [0.29, 0.717) is 29.4 Å². The van der Waals surface area contributed by atoms with E-state index in [1.54, 1.807) is 6.07 Å². The first-order chi connectivity index (χ1) is 15.8. The quantitative estimate of drug-likeness (QED) is 0.316. The molecule has 0 saturated carbocycles. The number of rotatable bonds is 8. The van der Waals surface area contributed by atoms with E-state index in [4.69, 9.17) is 0 Å². The van der Waals surface area contributed by atoms with Crippen LogP contribution in [-0.4, -0.2) is 52.3 Å². The van der Waals surface area contributed by atoms with E-state index in [2.05, 4.69) is 30.2 Å². The number of anilines is 2. The Hall–Kier alpha value is -3.31. The number of H-pyrrole nitrogens is 1. The van der Waals surface area contributed by atoms with Gasteiger partial charge in [-0.05, 0) is 69.4 Å². The van der Waals surface area contributed by atoms with Crippen molar-refractivity contribution in [2.45, 2.75) is 11.8 Å². The first-order valence-electron chi connectivity index (χ1n) is 10.1. The van der Waals surface area contributed by atoms with Gasteiger partial charge in [0, 0.05) is 24.3 Å². The lowest BCUT2D eigenvalue weighted by atomic mass is 10.2. The molecule has 2 aromatic carbocycles. The summed E-state index contributed by atoms with van der Waals surface area (Å²) in [5.74, 6) is -0.830. The van der Waals surface area contributed by atoms with Crippen molar-refractivity contribution in [3.8, 4) is 11.4 Å². The molecule has 3 N–H and O–H groups in total. The highest BCUT2D eigenvalue weighted by Gasteiger charge is 2.16. The normalized spacial score (nSPS) is 11.4. The standard InChI is InChI=1S/C22H22F3N7S/c1-12-19-21(26-8-9-32(2)3)27-20(28-22(19)30-29-12)13-4-7-17(16(25)10-13)31-33-18-11-14(23)5-6-15(18)24/h4-7,10-11,31H,8-9H2,1-3H3,(H2,26,27,28,29,30). The molecule has 0 saturated heterocycles. The first kappa shape index (κ1) is 22.9. The second kappa shape index (κ2) is 9.67. The number of nitrogens with one attached hydrogen (secondary N) is 3. The van der Waals surface area contributed by atoms with E-state index in [0.717, 1.165) is 47.8 Å². The predicted octanol–water partition coefficient (Wildman–Crippen LogP) is 4.84. The topological polar surface area (TPSA) is 81.8 Å². The van der Waals surface area contributed by atoms with Gasteiger partial charge in [0.15, 0.2) is 11.5 Å². The molecular formula is C22H22F3N7S. The molecule has 0 atom stereocenters. The Bertz CT molecular complexity index is 1290. The van der Waals surface area contributed by atoms with E-state index in [1.807, 2.05) is 25.9 Å². The predicted molar refractivity (Wildman–Crippen MR) is 125 cm³/mol. The Labute approximate surface area is 193 Å². The second-order valence-corrected chi connectivity index (χ2v) is 8.49. The van der Waals surface area contributed by atoms with Crippen LogP contribution in [0, 0.1) is 24.4 Å². The highest BCUT2D eigenvalue weighted by Crippen LogP contribution is 2.30. The van der Waals surface area contributed by atoms with Crippen molar-refractivity contribution >= 4 is 34.5 Å². The van der Waals surface area contributed by atoms with Crippen molar-refractivity contribution in [1.82, 2.24) is 25.1 Å². The molecule has 11 heteroatoms. The van der Waals surface area contributed by atoms with Crippen LogP contribution < -0.4 is 10.0 Å². The molecule has 0 unspecified atom stereocenters. The van der Waals surface area contributed by atoms with Gasteiger partial charge in [-0.2, -0.15) is 5.10 Å². The van der Waals surface area contributed by atoms with Gasteiger partial charge in [0.2, 0.25) is 0 Å². The third kappa shape index (κ3) is 5.20. The summed E-state index contributed by atoms with van der Waals surface area (Å²) < 4.78 is 44.7. The lowest BCUT2D eigenvalue weighted by molar-refractivity contribution is 0.425. The summed E-state index contributed by atoms with van der Waals surface area (Å²) in [5.41, 5.74) is 1.88. The van der Waals surface area contributed by atoms with Gasteiger partial charge in [-0.3, -0.25) is 5.10 Å². The van der Waals surface area contributed by atoms with Crippen LogP contribution in [0.1, 0.15) is 5.69 Å². The molecule has 2 aromatic heterocycles. The zero-order valence-corrected chi connectivity index (χ0v) is 19.0. The number of hydrogen-bond donors (Lipinski definition) is 3. The van der Waals surface area contributed by atoms with Gasteiger partial charge in [-0.15, -0.1) is 0 Å². The van der Waals surface area contributed by atoms with Crippen molar-refractivity contribution in [3.05, 3.63) is 59.5 Å². The lowest BCUT2D eigenvalue weighted by Crippen LogP contribution is -2.21. The SMILES string of the molecule is Cc1[nH]nc2nc(-c3ccc(NSc4cc(F)ccc4F)c(F)c3)nc(NCCN(C)C)c12. The van der Waals surface area contributed by atoms with Crippen LogP contribution in [0.5, 0.6) is 0 Å². The van der Waals surface area contributed by atoms with Crippen LogP contribution >= 0.6 is 11.9 Å². The van der Waals surface area contributed by atoms with Gasteiger partial charge >= 0.3 is 0 Å². The summed E-state index contributed by atoms with van der Waals surface area (Å²) >= 11 is 0.784. The molecule has 2 heterocycles. The summed E-state index contributed by atoms with van der Waals surface area (Å²) in [6, 6.07) is 7.52. The van der Waals surface area contributed by atoms with Gasteiger partial charge in [0.1, 0.15) is 23.3 Å². The Morgan fingerprint density at radius 2 is 1.85 bits per heavy atom. The van der Waals surface area contributed by atoms with Crippen molar-refractivity contribution in [1.29, 1.82) is 0 Å². The molecule has 0 bridgehead atoms. The van der Waals surface area contributed by atoms with E-state index < -0.39 is 17.5 Å². The molecule has 7 nitrogen and oxygen atoms in total. The van der Waals surface area contributed by atoms with E-state index in [-0.39, 0.29) is 10.6 Å². The Morgan fingerprint density at radius 1 is 1.03 bits per heavy atom. The first-order valence-corrected chi connectivity index (χ1v) is 10.9. The van der Waals surface area contributed by atoms with Crippen LogP contribution in [-0.2, 0) is 0 Å². The largest absolute Gasteiger partial charge is 0.368 e. The fourth-order valence-corrected chi connectivity index (χ4v) is 3.85. The minimum atomic E-state index is -0.601. The smallest absolute Gasteiger partial charge is 0.186 e. The Balaban J connectivity index is 1.59. The maximum atomic E-state index is 14.8. The van der Waals surface area contributed by atoms with Crippen LogP contribution in [0.2, 0.25) is 0 Å². The molecule has 0 radical (unpaired) electrons. The van der Waals surface area contributed by atoms with Crippen molar-refractivity contribution in [2.75, 3.05) is 37.2 Å². The minimum absolute atomic E-state index is 0.0228. The number of benzene rings is 2. The number of nitrogens with zero attached hydrogens (tertiary/aromatic N) is 4. The number of fused-ring (bicyclic) bond motifs is 1. The Morgan fingerprint density at radius 3 is 2.61 bits per heavy atom. The summed E-state index contributed by atoms with van der Waals surface area (Å²) in [7, 11) is 3.95. The number of hydrogen-bond acceptors (Lipinski definition) is 7. The fraction of sp³-hybridized carbons (Fsp3) is 0.227. The molecule has 33 heavy (non-hydrogen) atoms. The fourth-order valence-electron chi connectivity index (χ4n) is 3.13. The highest BCUT2D eigenvalue weighted by atomic mass is 32.2. The molecule has 4 aromatic rings. The average molecular weight is 474 g/mol. The van der Waals surface area contributed by atoms with Gasteiger partial charge in [-0.1, -0.05) is 0 Å². The number of aromatic amines is 1. The summed E-state index contributed by atoms with van der Waals surface area (Å²) in [6.45, 7) is 3.35. The zero-order valence-electron chi connectivity index (χ0n) is 18.2. The highest BCUT2D eigenvalue weighted by molar-refractivity contribution is 8.00. The number of halogens is 3. The molecule has 0 spiro atoms. The lowest BCUT2D eigenvalue weighted by Gasteiger charge is -2.13. The number of aryl methyl sites for hydroxylation is 1. The maximum Gasteiger partial charge on any atom is 0.186 e. The summed E-state index contributed by atoms with van der Waals surface area (Å²) in [6.07, 6.45) is 0. The number of likely N-dealkylation sites (N-methyl/N-ethyl adjacent to an activating group) is 1. The second-order valence-electron chi connectivity index (χ2n) is 7.65. The summed E-state index contributed by atoms with van der Waals surface area (Å²) in [5, 5.41) is 11.2. The molecule has 0 aliphatic rings. The third-order valence-corrected chi connectivity index (χ3v) is 5.69. The van der Waals surface area contributed by atoms with Crippen LogP contribution in [0.15, 0.2) is 41.3 Å². The van der Waals surface area contributed by atoms with E-state index in [1.165, 1.54) is 12.1 Å². The van der Waals surface area contributed by atoms with Crippen LogP contribution in [0.3, 0.4) is 0 Å². The zero-order chi connectivity index (χ0) is 23.5. The van der Waals surface area contributed by atoms with Crippen molar-refractivity contribution in [3.63, 3.8) is 0 Å². The molecule has 0 amide bonds. The third-order valence-electron chi connectivity index (χ3n) is 4.84. The number of aromatic nitrogens is 4. The molecular weight excluding hydrogens is 451 g/mol. The van der Waals surface area contributed by atoms with Gasteiger partial charge in [0.25, 0.3) is 0 Å². The van der Waals surface area contributed by atoms with Crippen LogP contribution in [0.25, 0.3) is 22.4 Å². The van der Waals surface area contributed by atoms with Gasteiger partial charge in [0.05, 0.1) is 16.0 Å². The molecule has 0 aliphatic heterocycles. The van der Waals surface area contributed by atoms with Crippen LogP contribution in [0.4, 0.5) is 24.7 Å². The molecule has 4 rings (SSSR count). The molecule has 172 valence electrons. The Kier molecular flexibility index (Phi) is 6.70. The van der Waals surface area contributed by atoms with Gasteiger partial charge < -0.3 is 14.9 Å². The minimum Gasteiger partial charge on any atom is -0.368 e. The van der Waals surface area contributed by atoms with Crippen molar-refractivity contribution < 1.29 is 13.2 Å².